The summed E-state index contributed by atoms with van der Waals surface area (Å²) in [5, 5.41) is 2.90. The summed E-state index contributed by atoms with van der Waals surface area (Å²) in [6, 6.07) is 12.5. The van der Waals surface area contributed by atoms with E-state index in [9.17, 15) is 22.8 Å². The van der Waals surface area contributed by atoms with E-state index < -0.39 is 22.9 Å². The number of piperidine rings is 1. The van der Waals surface area contributed by atoms with Crippen LogP contribution in [-0.2, 0) is 10.2 Å². The zero-order chi connectivity index (χ0) is 26.2. The maximum absolute atomic E-state index is 14.5. The topological polar surface area (TPSA) is 71.5 Å². The van der Waals surface area contributed by atoms with E-state index in [1.54, 1.807) is 4.90 Å². The molecule has 2 fully saturated rings. The number of benzene rings is 2. The summed E-state index contributed by atoms with van der Waals surface area (Å²) in [4.78, 5) is 31.2. The van der Waals surface area contributed by atoms with Crippen molar-refractivity contribution in [2.45, 2.75) is 37.0 Å². The number of carbonyl (C=O) groups excluding carboxylic acids is 2. The fourth-order valence-electron chi connectivity index (χ4n) is 4.97. The fraction of sp³-hybridized carbons (Fsp3) is 0.321. The average molecular weight is 510 g/mol. The molecule has 0 spiro atoms. The summed E-state index contributed by atoms with van der Waals surface area (Å²) >= 11 is 0. The zero-order valence-corrected chi connectivity index (χ0v) is 20.3. The van der Waals surface area contributed by atoms with Crippen LogP contribution in [0.4, 0.5) is 18.9 Å². The normalized spacial score (nSPS) is 16.8. The van der Waals surface area contributed by atoms with Gasteiger partial charge in [-0.05, 0) is 73.1 Å². The molecule has 1 aliphatic heterocycles. The van der Waals surface area contributed by atoms with Crippen LogP contribution in [0.1, 0.15) is 53.1 Å². The number of halogens is 3. The van der Waals surface area contributed by atoms with Gasteiger partial charge in [-0.3, -0.25) is 9.59 Å². The number of carbonyl (C=O) groups is 2. The van der Waals surface area contributed by atoms with Crippen LogP contribution in [0, 0.1) is 17.5 Å². The number of ether oxygens (including phenoxy) is 1. The molecular weight excluding hydrogens is 483 g/mol. The van der Waals surface area contributed by atoms with Crippen LogP contribution in [0.5, 0.6) is 5.88 Å². The number of pyridine rings is 1. The van der Waals surface area contributed by atoms with E-state index in [1.165, 1.54) is 25.4 Å². The van der Waals surface area contributed by atoms with Crippen LogP contribution >= 0.6 is 0 Å². The number of nitrogens with zero attached hydrogens (tertiary/aromatic N) is 2. The lowest BCUT2D eigenvalue weighted by atomic mass is 9.89. The van der Waals surface area contributed by atoms with Gasteiger partial charge in [-0.25, -0.2) is 18.2 Å². The van der Waals surface area contributed by atoms with Crippen molar-refractivity contribution in [3.63, 3.8) is 0 Å². The highest BCUT2D eigenvalue weighted by atomic mass is 19.2. The molecule has 1 saturated carbocycles. The third kappa shape index (κ3) is 4.77. The molecule has 1 saturated heterocycles. The zero-order valence-electron chi connectivity index (χ0n) is 20.3. The smallest absolute Gasteiger partial charge is 0.257 e. The second kappa shape index (κ2) is 9.88. The molecule has 0 unspecified atom stereocenters. The van der Waals surface area contributed by atoms with Gasteiger partial charge >= 0.3 is 0 Å². The van der Waals surface area contributed by atoms with Gasteiger partial charge in [0.05, 0.1) is 18.1 Å². The number of amides is 2. The lowest BCUT2D eigenvalue weighted by molar-refractivity contribution is -0.118. The second-order valence-corrected chi connectivity index (χ2v) is 9.54. The largest absolute Gasteiger partial charge is 0.479 e. The first-order chi connectivity index (χ1) is 17.8. The van der Waals surface area contributed by atoms with Crippen LogP contribution in [0.2, 0.25) is 0 Å². The predicted octanol–water partition coefficient (Wildman–Crippen LogP) is 5.20. The van der Waals surface area contributed by atoms with E-state index in [1.807, 2.05) is 24.3 Å². The molecule has 2 amide bonds. The SMILES string of the molecule is COc1nccc(C(=O)N2CCC(c3ccc(NC(=O)C4(c5ccc(F)c(F)c5)CC4)cc3)CC2)c1F. The van der Waals surface area contributed by atoms with Gasteiger partial charge in [0.2, 0.25) is 5.91 Å². The predicted molar refractivity (Wildman–Crippen MR) is 131 cm³/mol. The number of aromatic nitrogens is 1. The van der Waals surface area contributed by atoms with Gasteiger partial charge in [0, 0.05) is 25.0 Å². The highest BCUT2D eigenvalue weighted by molar-refractivity contribution is 6.01. The maximum Gasteiger partial charge on any atom is 0.257 e. The van der Waals surface area contributed by atoms with E-state index in [2.05, 4.69) is 10.3 Å². The fourth-order valence-corrected chi connectivity index (χ4v) is 4.97. The highest BCUT2D eigenvalue weighted by Gasteiger charge is 2.51. The first-order valence-electron chi connectivity index (χ1n) is 12.2. The molecule has 1 N–H and O–H groups in total. The van der Waals surface area contributed by atoms with Gasteiger partial charge in [-0.15, -0.1) is 0 Å². The van der Waals surface area contributed by atoms with Crippen molar-refractivity contribution in [1.29, 1.82) is 0 Å². The molecule has 9 heteroatoms. The minimum absolute atomic E-state index is 0.0535. The Kier molecular flexibility index (Phi) is 6.62. The van der Waals surface area contributed by atoms with Gasteiger partial charge in [0.1, 0.15) is 0 Å². The summed E-state index contributed by atoms with van der Waals surface area (Å²) < 4.78 is 46.3. The third-order valence-electron chi connectivity index (χ3n) is 7.36. The summed E-state index contributed by atoms with van der Waals surface area (Å²) in [6.45, 7) is 0.978. The van der Waals surface area contributed by atoms with E-state index in [4.69, 9.17) is 4.74 Å². The Labute approximate surface area is 212 Å². The van der Waals surface area contributed by atoms with Crippen LogP contribution in [0.3, 0.4) is 0 Å². The van der Waals surface area contributed by atoms with Gasteiger partial charge in [-0.2, -0.15) is 0 Å². The Bertz CT molecular complexity index is 1330. The number of hydrogen-bond acceptors (Lipinski definition) is 4. The molecule has 5 rings (SSSR count). The molecular formula is C28H26F3N3O3. The Balaban J connectivity index is 1.19. The first kappa shape index (κ1) is 24.8. The standard InChI is InChI=1S/C28H26F3N3O3/c1-37-25-24(31)21(8-13-32-25)26(35)34-14-9-18(10-15-34)17-2-5-20(6-3-17)33-27(36)28(11-12-28)19-4-7-22(29)23(30)16-19/h2-8,13,16,18H,9-12,14-15H2,1H3,(H,33,36). The van der Waals surface area contributed by atoms with Crippen molar-refractivity contribution >= 4 is 17.5 Å². The van der Waals surface area contributed by atoms with Crippen molar-refractivity contribution < 1.29 is 27.5 Å². The molecule has 2 aliphatic rings. The molecule has 0 radical (unpaired) electrons. The molecule has 1 aliphatic carbocycles. The average Bonchev–Trinajstić information content (AvgIpc) is 3.73. The number of hydrogen-bond donors (Lipinski definition) is 1. The molecule has 3 aromatic rings. The van der Waals surface area contributed by atoms with Crippen LogP contribution in [-0.4, -0.2) is 41.9 Å². The van der Waals surface area contributed by atoms with Gasteiger partial charge in [-0.1, -0.05) is 18.2 Å². The molecule has 0 atom stereocenters. The first-order valence-corrected chi connectivity index (χ1v) is 12.2. The lowest BCUT2D eigenvalue weighted by Crippen LogP contribution is -2.38. The van der Waals surface area contributed by atoms with Crippen LogP contribution < -0.4 is 10.1 Å². The van der Waals surface area contributed by atoms with E-state index in [-0.39, 0.29) is 29.2 Å². The van der Waals surface area contributed by atoms with Crippen molar-refractivity contribution in [2.24, 2.45) is 0 Å². The lowest BCUT2D eigenvalue weighted by Gasteiger charge is -2.32. The van der Waals surface area contributed by atoms with E-state index in [0.717, 1.165) is 30.5 Å². The second-order valence-electron chi connectivity index (χ2n) is 9.54. The van der Waals surface area contributed by atoms with Crippen molar-refractivity contribution in [3.05, 3.63) is 88.9 Å². The summed E-state index contributed by atoms with van der Waals surface area (Å²) in [6.07, 6.45) is 3.96. The Morgan fingerprint density at radius 3 is 2.32 bits per heavy atom. The van der Waals surface area contributed by atoms with Crippen molar-refractivity contribution in [1.82, 2.24) is 9.88 Å². The Morgan fingerprint density at radius 2 is 1.70 bits per heavy atom. The molecule has 192 valence electrons. The molecule has 0 bridgehead atoms. The Hall–Kier alpha value is -3.88. The minimum Gasteiger partial charge on any atom is -0.479 e. The Morgan fingerprint density at radius 1 is 1.00 bits per heavy atom. The number of likely N-dealkylation sites (tertiary alicyclic amines) is 1. The van der Waals surface area contributed by atoms with Gasteiger partial charge in [0.15, 0.2) is 17.5 Å². The van der Waals surface area contributed by atoms with Crippen molar-refractivity contribution in [2.75, 3.05) is 25.5 Å². The quantitative estimate of drug-likeness (QED) is 0.496. The highest BCUT2D eigenvalue weighted by Crippen LogP contribution is 2.49. The minimum atomic E-state index is -0.959. The van der Waals surface area contributed by atoms with Gasteiger partial charge < -0.3 is 15.0 Å². The molecule has 2 aromatic carbocycles. The molecule has 2 heterocycles. The summed E-state index contributed by atoms with van der Waals surface area (Å²) in [7, 11) is 1.30. The van der Waals surface area contributed by atoms with E-state index in [0.29, 0.717) is 37.2 Å². The number of methoxy groups -OCH3 is 1. The molecule has 37 heavy (non-hydrogen) atoms. The molecule has 1 aromatic heterocycles. The van der Waals surface area contributed by atoms with E-state index >= 15 is 0 Å². The van der Waals surface area contributed by atoms with Gasteiger partial charge in [0.25, 0.3) is 11.8 Å². The van der Waals surface area contributed by atoms with Crippen LogP contribution in [0.25, 0.3) is 0 Å². The summed E-state index contributed by atoms with van der Waals surface area (Å²) in [5.41, 5.74) is 1.31. The summed E-state index contributed by atoms with van der Waals surface area (Å²) in [5.74, 6) is -3.25. The third-order valence-corrected chi connectivity index (χ3v) is 7.36. The monoisotopic (exact) mass is 509 g/mol. The number of rotatable bonds is 6. The molecule has 6 nitrogen and oxygen atoms in total. The maximum atomic E-state index is 14.5. The van der Waals surface area contributed by atoms with Crippen LogP contribution in [0.15, 0.2) is 54.7 Å². The number of anilines is 1. The number of nitrogens with one attached hydrogen (secondary N) is 1. The van der Waals surface area contributed by atoms with Crippen molar-refractivity contribution in [3.8, 4) is 5.88 Å².